The van der Waals surface area contributed by atoms with Gasteiger partial charge in [0, 0.05) is 11.5 Å². The largest absolute Gasteiger partial charge is 0.507 e. The average molecular weight is 331 g/mol. The van der Waals surface area contributed by atoms with E-state index in [1.807, 2.05) is 42.5 Å². The number of aromatic nitrogens is 3. The van der Waals surface area contributed by atoms with Crippen molar-refractivity contribution in [3.8, 4) is 28.5 Å². The predicted molar refractivity (Wildman–Crippen MR) is 98.2 cm³/mol. The van der Waals surface area contributed by atoms with Crippen molar-refractivity contribution >= 4 is 0 Å². The van der Waals surface area contributed by atoms with Crippen LogP contribution in [0.2, 0.25) is 0 Å². The summed E-state index contributed by atoms with van der Waals surface area (Å²) in [5, 5.41) is 10.2. The highest BCUT2D eigenvalue weighted by molar-refractivity contribution is 5.66. The highest BCUT2D eigenvalue weighted by atomic mass is 16.3. The van der Waals surface area contributed by atoms with Crippen molar-refractivity contribution in [2.24, 2.45) is 0 Å². The molecule has 0 radical (unpaired) electrons. The molecule has 0 unspecified atom stereocenters. The number of benzene rings is 2. The van der Waals surface area contributed by atoms with Crippen molar-refractivity contribution in [1.29, 1.82) is 0 Å². The van der Waals surface area contributed by atoms with Crippen molar-refractivity contribution in [3.05, 3.63) is 60.4 Å². The minimum atomic E-state index is 0.197. The van der Waals surface area contributed by atoms with E-state index in [4.69, 9.17) is 9.97 Å². The monoisotopic (exact) mass is 331 g/mol. The molecule has 1 saturated carbocycles. The Morgan fingerprint density at radius 2 is 1.40 bits per heavy atom. The quantitative estimate of drug-likeness (QED) is 0.737. The highest BCUT2D eigenvalue weighted by Crippen LogP contribution is 2.33. The molecule has 0 bridgehead atoms. The van der Waals surface area contributed by atoms with Gasteiger partial charge in [0.25, 0.3) is 0 Å². The second-order valence-electron chi connectivity index (χ2n) is 6.56. The molecular weight excluding hydrogens is 310 g/mol. The summed E-state index contributed by atoms with van der Waals surface area (Å²) >= 11 is 0. The third-order valence-electron chi connectivity index (χ3n) is 4.80. The summed E-state index contributed by atoms with van der Waals surface area (Å²) in [4.78, 5) is 14.2. The normalized spacial score (nSPS) is 15.2. The number of phenols is 1. The van der Waals surface area contributed by atoms with Gasteiger partial charge in [-0.3, -0.25) is 0 Å². The van der Waals surface area contributed by atoms with Crippen LogP contribution in [0.1, 0.15) is 43.8 Å². The van der Waals surface area contributed by atoms with E-state index >= 15 is 0 Å². The molecule has 0 aliphatic heterocycles. The first-order valence-electron chi connectivity index (χ1n) is 8.91. The molecule has 3 aromatic rings. The maximum absolute atomic E-state index is 10.2. The Morgan fingerprint density at radius 3 is 2.16 bits per heavy atom. The minimum Gasteiger partial charge on any atom is -0.507 e. The standard InChI is InChI=1S/C21H21N3O/c25-18-14-8-7-13-17(18)21-23-19(15-9-3-1-4-10-15)22-20(24-21)16-11-5-2-6-12-16/h1,3-4,7-10,13-14,16,25H,2,5-6,11-12H2. The summed E-state index contributed by atoms with van der Waals surface area (Å²) in [7, 11) is 0. The summed E-state index contributed by atoms with van der Waals surface area (Å²) in [6.07, 6.45) is 5.99. The lowest BCUT2D eigenvalue weighted by Crippen LogP contribution is -2.11. The molecule has 4 heteroatoms. The zero-order chi connectivity index (χ0) is 17.1. The van der Waals surface area contributed by atoms with Gasteiger partial charge in [0.2, 0.25) is 0 Å². The molecule has 1 aliphatic carbocycles. The van der Waals surface area contributed by atoms with Gasteiger partial charge >= 0.3 is 0 Å². The number of phenolic OH excluding ortho intramolecular Hbond substituents is 1. The molecule has 1 aliphatic rings. The van der Waals surface area contributed by atoms with E-state index in [0.717, 1.165) is 24.2 Å². The summed E-state index contributed by atoms with van der Waals surface area (Å²) in [6, 6.07) is 17.2. The van der Waals surface area contributed by atoms with Gasteiger partial charge in [-0.2, -0.15) is 0 Å². The van der Waals surface area contributed by atoms with Gasteiger partial charge in [-0.1, -0.05) is 61.7 Å². The zero-order valence-corrected chi connectivity index (χ0v) is 14.1. The molecule has 0 spiro atoms. The van der Waals surface area contributed by atoms with E-state index in [-0.39, 0.29) is 5.75 Å². The van der Waals surface area contributed by atoms with E-state index in [2.05, 4.69) is 4.98 Å². The van der Waals surface area contributed by atoms with Crippen molar-refractivity contribution in [2.45, 2.75) is 38.0 Å². The van der Waals surface area contributed by atoms with Gasteiger partial charge < -0.3 is 5.11 Å². The Balaban J connectivity index is 1.84. The fourth-order valence-corrected chi connectivity index (χ4v) is 3.44. The summed E-state index contributed by atoms with van der Waals surface area (Å²) in [5.74, 6) is 2.65. The van der Waals surface area contributed by atoms with Gasteiger partial charge in [0.05, 0.1) is 5.56 Å². The fraction of sp³-hybridized carbons (Fsp3) is 0.286. The summed E-state index contributed by atoms with van der Waals surface area (Å²) in [6.45, 7) is 0. The van der Waals surface area contributed by atoms with E-state index in [1.165, 1.54) is 19.3 Å². The first-order chi connectivity index (χ1) is 12.3. The van der Waals surface area contributed by atoms with Gasteiger partial charge in [0.1, 0.15) is 11.6 Å². The SMILES string of the molecule is Oc1ccccc1-c1nc(-c2ccccc2)nc(C2CCCCC2)n1. The lowest BCUT2D eigenvalue weighted by atomic mass is 9.88. The smallest absolute Gasteiger partial charge is 0.167 e. The first-order valence-corrected chi connectivity index (χ1v) is 8.91. The molecule has 25 heavy (non-hydrogen) atoms. The van der Waals surface area contributed by atoms with Crippen LogP contribution in [-0.4, -0.2) is 20.1 Å². The zero-order valence-electron chi connectivity index (χ0n) is 14.1. The number of hydrogen-bond acceptors (Lipinski definition) is 4. The Hall–Kier alpha value is -2.75. The predicted octanol–water partition coefficient (Wildman–Crippen LogP) is 4.96. The number of nitrogens with zero attached hydrogens (tertiary/aromatic N) is 3. The molecule has 126 valence electrons. The van der Waals surface area contributed by atoms with Crippen LogP contribution < -0.4 is 0 Å². The Bertz CT molecular complexity index is 858. The van der Waals surface area contributed by atoms with Crippen LogP contribution >= 0.6 is 0 Å². The van der Waals surface area contributed by atoms with Crippen molar-refractivity contribution < 1.29 is 5.11 Å². The van der Waals surface area contributed by atoms with E-state index in [9.17, 15) is 5.11 Å². The lowest BCUT2D eigenvalue weighted by Gasteiger charge is -2.21. The van der Waals surface area contributed by atoms with Gasteiger partial charge in [-0.05, 0) is 25.0 Å². The summed E-state index contributed by atoms with van der Waals surface area (Å²) in [5.41, 5.74) is 1.62. The molecule has 4 nitrogen and oxygen atoms in total. The topological polar surface area (TPSA) is 58.9 Å². The second kappa shape index (κ2) is 7.01. The number of para-hydroxylation sites is 1. The number of aromatic hydroxyl groups is 1. The van der Waals surface area contributed by atoms with Crippen LogP contribution in [0.15, 0.2) is 54.6 Å². The lowest BCUT2D eigenvalue weighted by molar-refractivity contribution is 0.428. The molecular formula is C21H21N3O. The molecule has 2 aromatic carbocycles. The van der Waals surface area contributed by atoms with Crippen LogP contribution in [0.3, 0.4) is 0 Å². The number of rotatable bonds is 3. The molecule has 1 fully saturated rings. The van der Waals surface area contributed by atoms with Crippen LogP contribution in [-0.2, 0) is 0 Å². The molecule has 0 amide bonds. The van der Waals surface area contributed by atoms with Crippen molar-refractivity contribution in [3.63, 3.8) is 0 Å². The van der Waals surface area contributed by atoms with E-state index in [1.54, 1.807) is 12.1 Å². The second-order valence-corrected chi connectivity index (χ2v) is 6.56. The molecule has 4 rings (SSSR count). The van der Waals surface area contributed by atoms with Crippen molar-refractivity contribution in [2.75, 3.05) is 0 Å². The molecule has 1 heterocycles. The Morgan fingerprint density at radius 1 is 0.720 bits per heavy atom. The summed E-state index contributed by atoms with van der Waals surface area (Å²) < 4.78 is 0. The first kappa shape index (κ1) is 15.8. The highest BCUT2D eigenvalue weighted by Gasteiger charge is 2.21. The van der Waals surface area contributed by atoms with E-state index < -0.39 is 0 Å². The van der Waals surface area contributed by atoms with Gasteiger partial charge in [-0.25, -0.2) is 15.0 Å². The van der Waals surface area contributed by atoms with E-state index in [0.29, 0.717) is 23.1 Å². The molecule has 0 atom stereocenters. The third-order valence-corrected chi connectivity index (χ3v) is 4.80. The fourth-order valence-electron chi connectivity index (χ4n) is 3.44. The van der Waals surface area contributed by atoms with Crippen LogP contribution in [0, 0.1) is 0 Å². The average Bonchev–Trinajstić information content (AvgIpc) is 2.69. The molecule has 1 N–H and O–H groups in total. The molecule has 0 saturated heterocycles. The Labute approximate surface area is 147 Å². The molecule has 1 aromatic heterocycles. The maximum atomic E-state index is 10.2. The third kappa shape index (κ3) is 3.38. The van der Waals surface area contributed by atoms with Crippen LogP contribution in [0.5, 0.6) is 5.75 Å². The number of hydrogen-bond donors (Lipinski definition) is 1. The Kier molecular flexibility index (Phi) is 4.42. The van der Waals surface area contributed by atoms with Crippen LogP contribution in [0.25, 0.3) is 22.8 Å². The van der Waals surface area contributed by atoms with Crippen LogP contribution in [0.4, 0.5) is 0 Å². The minimum absolute atomic E-state index is 0.197. The van der Waals surface area contributed by atoms with Crippen molar-refractivity contribution in [1.82, 2.24) is 15.0 Å². The van der Waals surface area contributed by atoms with Gasteiger partial charge in [-0.15, -0.1) is 0 Å². The van der Waals surface area contributed by atoms with Gasteiger partial charge in [0.15, 0.2) is 11.6 Å². The maximum Gasteiger partial charge on any atom is 0.167 e.